The van der Waals surface area contributed by atoms with Crippen molar-refractivity contribution in [3.8, 4) is 0 Å². The molecule has 19 heavy (non-hydrogen) atoms. The molecule has 2 rings (SSSR count). The summed E-state index contributed by atoms with van der Waals surface area (Å²) in [5, 5.41) is 12.3. The largest absolute Gasteiger partial charge is 0.396 e. The number of aromatic nitrogens is 1. The third-order valence-corrected chi connectivity index (χ3v) is 4.44. The Labute approximate surface area is 121 Å². The van der Waals surface area contributed by atoms with Crippen LogP contribution in [0.15, 0.2) is 22.8 Å². The molecule has 2 N–H and O–H groups in total. The van der Waals surface area contributed by atoms with Crippen molar-refractivity contribution in [3.63, 3.8) is 0 Å². The lowest BCUT2D eigenvalue weighted by Gasteiger charge is -2.30. The first-order valence-corrected chi connectivity index (χ1v) is 7.51. The molecular formula is C14H19BrN2O2. The molecule has 1 aromatic heterocycles. The predicted molar refractivity (Wildman–Crippen MR) is 76.8 cm³/mol. The molecule has 0 aliphatic heterocycles. The van der Waals surface area contributed by atoms with Gasteiger partial charge in [-0.15, -0.1) is 0 Å². The minimum absolute atomic E-state index is 0.158. The first-order valence-electron chi connectivity index (χ1n) is 6.72. The van der Waals surface area contributed by atoms with E-state index in [1.165, 1.54) is 12.8 Å². The van der Waals surface area contributed by atoms with Gasteiger partial charge in [0.05, 0.1) is 0 Å². The minimum Gasteiger partial charge on any atom is -0.396 e. The number of aliphatic hydroxyl groups excluding tert-OH is 1. The molecule has 1 aromatic rings. The summed E-state index contributed by atoms with van der Waals surface area (Å²) in [6.45, 7) is 0.834. The molecule has 0 bridgehead atoms. The zero-order valence-electron chi connectivity index (χ0n) is 10.8. The lowest BCUT2D eigenvalue weighted by atomic mass is 9.79. The van der Waals surface area contributed by atoms with Crippen molar-refractivity contribution in [2.45, 2.75) is 25.7 Å². The third-order valence-electron chi connectivity index (χ3n) is 3.80. The van der Waals surface area contributed by atoms with Crippen molar-refractivity contribution >= 4 is 21.8 Å². The van der Waals surface area contributed by atoms with Gasteiger partial charge in [0, 0.05) is 23.8 Å². The summed E-state index contributed by atoms with van der Waals surface area (Å²) in [5.74, 6) is 0.543. The van der Waals surface area contributed by atoms with E-state index >= 15 is 0 Å². The van der Waals surface area contributed by atoms with Gasteiger partial charge in [0.1, 0.15) is 5.69 Å². The van der Waals surface area contributed by atoms with Gasteiger partial charge in [-0.3, -0.25) is 4.79 Å². The molecule has 2 unspecified atom stereocenters. The molecule has 1 heterocycles. The second-order valence-corrected chi connectivity index (χ2v) is 5.89. The second-order valence-electron chi connectivity index (χ2n) is 5.03. The molecule has 1 amide bonds. The number of nitrogens with zero attached hydrogens (tertiary/aromatic N) is 1. The Bertz CT molecular complexity index is 439. The summed E-state index contributed by atoms with van der Waals surface area (Å²) < 4.78 is 0.704. The summed E-state index contributed by atoms with van der Waals surface area (Å²) in [5.41, 5.74) is 0.416. The number of hydrogen-bond donors (Lipinski definition) is 2. The van der Waals surface area contributed by atoms with E-state index in [0.29, 0.717) is 28.5 Å². The summed E-state index contributed by atoms with van der Waals surface area (Å²) in [6.07, 6.45) is 6.11. The fourth-order valence-electron chi connectivity index (χ4n) is 2.65. The summed E-state index contributed by atoms with van der Waals surface area (Å²) in [7, 11) is 0. The van der Waals surface area contributed by atoms with Gasteiger partial charge in [-0.1, -0.05) is 12.8 Å². The van der Waals surface area contributed by atoms with Gasteiger partial charge in [-0.2, -0.15) is 0 Å². The minimum atomic E-state index is -0.158. The molecule has 1 fully saturated rings. The first-order chi connectivity index (χ1) is 9.22. The highest BCUT2D eigenvalue weighted by Crippen LogP contribution is 2.29. The lowest BCUT2D eigenvalue weighted by molar-refractivity contribution is 0.0904. The zero-order valence-corrected chi connectivity index (χ0v) is 12.4. The first kappa shape index (κ1) is 14.5. The van der Waals surface area contributed by atoms with Crippen LogP contribution in [-0.2, 0) is 0 Å². The molecule has 0 spiro atoms. The lowest BCUT2D eigenvalue weighted by Crippen LogP contribution is -2.35. The fraction of sp³-hybridized carbons (Fsp3) is 0.571. The molecule has 0 saturated heterocycles. The quantitative estimate of drug-likeness (QED) is 0.892. The normalized spacial score (nSPS) is 23.1. The Morgan fingerprint density at radius 2 is 2.16 bits per heavy atom. The van der Waals surface area contributed by atoms with Gasteiger partial charge < -0.3 is 10.4 Å². The van der Waals surface area contributed by atoms with Crippen LogP contribution in [0.25, 0.3) is 0 Å². The maximum absolute atomic E-state index is 12.0. The monoisotopic (exact) mass is 326 g/mol. The Balaban J connectivity index is 1.91. The van der Waals surface area contributed by atoms with Crippen LogP contribution in [-0.4, -0.2) is 29.1 Å². The number of aliphatic hydroxyl groups is 1. The smallest absolute Gasteiger partial charge is 0.271 e. The Kier molecular flexibility index (Phi) is 5.34. The van der Waals surface area contributed by atoms with Crippen LogP contribution in [0.3, 0.4) is 0 Å². The maximum Gasteiger partial charge on any atom is 0.271 e. The standard InChI is InChI=1S/C14H19BrN2O2/c15-12-6-3-7-16-13(12)14(19)17-8-10-4-1-2-5-11(10)9-18/h3,6-7,10-11,18H,1-2,4-5,8-9H2,(H,17,19). The van der Waals surface area contributed by atoms with Gasteiger partial charge in [-0.25, -0.2) is 4.98 Å². The molecule has 5 heteroatoms. The summed E-state index contributed by atoms with van der Waals surface area (Å²) in [6, 6.07) is 3.59. The van der Waals surface area contributed by atoms with E-state index < -0.39 is 0 Å². The van der Waals surface area contributed by atoms with Crippen LogP contribution in [0.1, 0.15) is 36.2 Å². The number of hydrogen-bond acceptors (Lipinski definition) is 3. The topological polar surface area (TPSA) is 62.2 Å². The van der Waals surface area contributed by atoms with Crippen LogP contribution in [0.2, 0.25) is 0 Å². The number of rotatable bonds is 4. The van der Waals surface area contributed by atoms with Gasteiger partial charge in [0.25, 0.3) is 5.91 Å². The molecule has 1 saturated carbocycles. The molecular weight excluding hydrogens is 308 g/mol. The Morgan fingerprint density at radius 1 is 1.42 bits per heavy atom. The van der Waals surface area contributed by atoms with Crippen molar-refractivity contribution in [1.82, 2.24) is 10.3 Å². The van der Waals surface area contributed by atoms with Crippen molar-refractivity contribution in [3.05, 3.63) is 28.5 Å². The van der Waals surface area contributed by atoms with Gasteiger partial charge >= 0.3 is 0 Å². The van der Waals surface area contributed by atoms with Crippen LogP contribution in [0.4, 0.5) is 0 Å². The molecule has 0 radical (unpaired) electrons. The van der Waals surface area contributed by atoms with Crippen molar-refractivity contribution in [2.75, 3.05) is 13.2 Å². The number of carbonyl (C=O) groups is 1. The highest BCUT2D eigenvalue weighted by atomic mass is 79.9. The van der Waals surface area contributed by atoms with Crippen LogP contribution in [0.5, 0.6) is 0 Å². The van der Waals surface area contributed by atoms with Gasteiger partial charge in [-0.05, 0) is 52.7 Å². The van der Waals surface area contributed by atoms with E-state index in [-0.39, 0.29) is 12.5 Å². The molecule has 1 aliphatic rings. The number of pyridine rings is 1. The molecule has 0 aromatic carbocycles. The second kappa shape index (κ2) is 7.01. The summed E-state index contributed by atoms with van der Waals surface area (Å²) in [4.78, 5) is 16.1. The zero-order chi connectivity index (χ0) is 13.7. The number of nitrogens with one attached hydrogen (secondary N) is 1. The number of carbonyl (C=O) groups excluding carboxylic acids is 1. The van der Waals surface area contributed by atoms with Crippen LogP contribution >= 0.6 is 15.9 Å². The van der Waals surface area contributed by atoms with Crippen molar-refractivity contribution in [2.24, 2.45) is 11.8 Å². The van der Waals surface area contributed by atoms with E-state index in [2.05, 4.69) is 26.2 Å². The van der Waals surface area contributed by atoms with E-state index in [4.69, 9.17) is 0 Å². The van der Waals surface area contributed by atoms with Crippen molar-refractivity contribution in [1.29, 1.82) is 0 Å². The van der Waals surface area contributed by atoms with E-state index in [0.717, 1.165) is 12.8 Å². The third kappa shape index (κ3) is 3.76. The van der Waals surface area contributed by atoms with E-state index in [1.54, 1.807) is 18.3 Å². The van der Waals surface area contributed by atoms with Crippen LogP contribution in [0, 0.1) is 11.8 Å². The highest BCUT2D eigenvalue weighted by molar-refractivity contribution is 9.10. The molecule has 2 atom stereocenters. The average molecular weight is 327 g/mol. The fourth-order valence-corrected chi connectivity index (χ4v) is 3.09. The molecule has 104 valence electrons. The highest BCUT2D eigenvalue weighted by Gasteiger charge is 2.25. The maximum atomic E-state index is 12.0. The van der Waals surface area contributed by atoms with E-state index in [1.807, 2.05) is 0 Å². The van der Waals surface area contributed by atoms with E-state index in [9.17, 15) is 9.90 Å². The summed E-state index contributed by atoms with van der Waals surface area (Å²) >= 11 is 3.33. The average Bonchev–Trinajstić information content (AvgIpc) is 2.45. The number of halogens is 1. The Hall–Kier alpha value is -0.940. The van der Waals surface area contributed by atoms with Crippen LogP contribution < -0.4 is 5.32 Å². The van der Waals surface area contributed by atoms with Gasteiger partial charge in [0.2, 0.25) is 0 Å². The predicted octanol–water partition coefficient (Wildman–Crippen LogP) is 2.37. The molecule has 4 nitrogen and oxygen atoms in total. The SMILES string of the molecule is O=C(NCC1CCCCC1CO)c1ncccc1Br. The van der Waals surface area contributed by atoms with Gasteiger partial charge in [0.15, 0.2) is 0 Å². The Morgan fingerprint density at radius 3 is 2.84 bits per heavy atom. The molecule has 1 aliphatic carbocycles. The number of amides is 1. The van der Waals surface area contributed by atoms with Crippen molar-refractivity contribution < 1.29 is 9.90 Å².